The molecule has 28 heavy (non-hydrogen) atoms. The highest BCUT2D eigenvalue weighted by Gasteiger charge is 2.19. The lowest BCUT2D eigenvalue weighted by atomic mass is 9.99. The molecule has 0 spiro atoms. The second kappa shape index (κ2) is 7.84. The largest absolute Gasteiger partial charge is 0.316 e. The van der Waals surface area contributed by atoms with Gasteiger partial charge in [0, 0.05) is 12.5 Å². The molecule has 1 unspecified atom stereocenters. The molecule has 1 aliphatic rings. The number of nitrogens with zero attached hydrogens (tertiary/aromatic N) is 2. The second-order valence-electron chi connectivity index (χ2n) is 7.99. The molecule has 2 aromatic carbocycles. The molecule has 2 heterocycles. The monoisotopic (exact) mass is 379 g/mol. The summed E-state index contributed by atoms with van der Waals surface area (Å²) in [6.07, 6.45) is 2.27. The lowest BCUT2D eigenvalue weighted by molar-refractivity contribution is 0.327. The van der Waals surface area contributed by atoms with Gasteiger partial charge in [-0.15, -0.1) is 0 Å². The number of halogens is 1. The summed E-state index contributed by atoms with van der Waals surface area (Å²) in [6.45, 7) is 6.85. The van der Waals surface area contributed by atoms with Crippen molar-refractivity contribution < 1.29 is 4.39 Å². The summed E-state index contributed by atoms with van der Waals surface area (Å²) >= 11 is 0. The van der Waals surface area contributed by atoms with Crippen molar-refractivity contribution in [2.75, 3.05) is 13.1 Å². The molecular weight excluding hydrogens is 353 g/mol. The SMILES string of the molecule is CC(C)c1nc2ccc(-c3ccc(F)cc3)cc2c(=O)n1CC1CCCNC1. The molecule has 0 aliphatic carbocycles. The zero-order valence-electron chi connectivity index (χ0n) is 16.4. The van der Waals surface area contributed by atoms with Crippen molar-refractivity contribution in [1.82, 2.24) is 14.9 Å². The van der Waals surface area contributed by atoms with Crippen LogP contribution in [0, 0.1) is 11.7 Å². The van der Waals surface area contributed by atoms with Crippen molar-refractivity contribution in [3.63, 3.8) is 0 Å². The molecule has 3 aromatic rings. The number of hydrogen-bond acceptors (Lipinski definition) is 3. The number of aromatic nitrogens is 2. The summed E-state index contributed by atoms with van der Waals surface area (Å²) in [5, 5.41) is 4.05. The first kappa shape index (κ1) is 18.8. The molecule has 0 amide bonds. The van der Waals surface area contributed by atoms with E-state index in [1.165, 1.54) is 12.1 Å². The van der Waals surface area contributed by atoms with E-state index in [1.807, 2.05) is 22.8 Å². The quantitative estimate of drug-likeness (QED) is 0.734. The molecule has 1 fully saturated rings. The molecule has 146 valence electrons. The predicted octanol–water partition coefficient (Wildman–Crippen LogP) is 4.33. The summed E-state index contributed by atoms with van der Waals surface area (Å²) in [6, 6.07) is 12.1. The zero-order chi connectivity index (χ0) is 19.7. The molecule has 1 aliphatic heterocycles. The topological polar surface area (TPSA) is 46.9 Å². The lowest BCUT2D eigenvalue weighted by Crippen LogP contribution is -2.36. The number of hydrogen-bond donors (Lipinski definition) is 1. The predicted molar refractivity (Wildman–Crippen MR) is 111 cm³/mol. The summed E-state index contributed by atoms with van der Waals surface area (Å²) in [7, 11) is 0. The van der Waals surface area contributed by atoms with E-state index in [0.717, 1.165) is 48.4 Å². The van der Waals surface area contributed by atoms with E-state index in [1.54, 1.807) is 12.1 Å². The summed E-state index contributed by atoms with van der Waals surface area (Å²) in [4.78, 5) is 18.2. The molecule has 1 atom stereocenters. The summed E-state index contributed by atoms with van der Waals surface area (Å²) < 4.78 is 15.1. The van der Waals surface area contributed by atoms with Crippen molar-refractivity contribution in [1.29, 1.82) is 0 Å². The van der Waals surface area contributed by atoms with Crippen LogP contribution in [0.15, 0.2) is 47.3 Å². The summed E-state index contributed by atoms with van der Waals surface area (Å²) in [5.74, 6) is 1.20. The van der Waals surface area contributed by atoms with Gasteiger partial charge in [0.15, 0.2) is 0 Å². The van der Waals surface area contributed by atoms with Crippen LogP contribution in [0.4, 0.5) is 4.39 Å². The number of benzene rings is 2. The minimum absolute atomic E-state index is 0.0169. The van der Waals surface area contributed by atoms with Crippen LogP contribution in [0.1, 0.15) is 38.4 Å². The molecule has 0 saturated carbocycles. The molecule has 1 saturated heterocycles. The fraction of sp³-hybridized carbons (Fsp3) is 0.391. The standard InChI is InChI=1S/C23H26FN3O/c1-15(2)22-26-21-10-7-18(17-5-8-19(24)9-6-17)12-20(21)23(28)27(22)14-16-4-3-11-25-13-16/h5-10,12,15-16,25H,3-4,11,13-14H2,1-2H3. The van der Waals surface area contributed by atoms with Crippen LogP contribution in [0.2, 0.25) is 0 Å². The fourth-order valence-electron chi connectivity index (χ4n) is 4.02. The molecule has 1 aromatic heterocycles. The van der Waals surface area contributed by atoms with Gasteiger partial charge in [-0.05, 0) is 67.2 Å². The molecule has 4 nitrogen and oxygen atoms in total. The molecule has 0 radical (unpaired) electrons. The average Bonchev–Trinajstić information content (AvgIpc) is 2.71. The van der Waals surface area contributed by atoms with Crippen molar-refractivity contribution in [3.8, 4) is 11.1 Å². The Labute approximate surface area is 164 Å². The van der Waals surface area contributed by atoms with Crippen molar-refractivity contribution >= 4 is 10.9 Å². The van der Waals surface area contributed by atoms with Crippen molar-refractivity contribution in [2.45, 2.75) is 39.2 Å². The van der Waals surface area contributed by atoms with E-state index in [2.05, 4.69) is 19.2 Å². The second-order valence-corrected chi connectivity index (χ2v) is 7.99. The third kappa shape index (κ3) is 3.72. The third-order valence-corrected chi connectivity index (χ3v) is 5.52. The van der Waals surface area contributed by atoms with E-state index in [0.29, 0.717) is 17.8 Å². The maximum Gasteiger partial charge on any atom is 0.261 e. The Bertz CT molecular complexity index is 1030. The van der Waals surface area contributed by atoms with E-state index in [4.69, 9.17) is 4.98 Å². The van der Waals surface area contributed by atoms with Crippen LogP contribution < -0.4 is 10.9 Å². The first-order valence-corrected chi connectivity index (χ1v) is 10.0. The molecule has 0 bridgehead atoms. The minimum atomic E-state index is -0.267. The molecule has 5 heteroatoms. The van der Waals surface area contributed by atoms with E-state index in [-0.39, 0.29) is 17.3 Å². The van der Waals surface area contributed by atoms with Gasteiger partial charge in [0.1, 0.15) is 11.6 Å². The fourth-order valence-corrected chi connectivity index (χ4v) is 4.02. The molecular formula is C23H26FN3O. The maximum atomic E-state index is 13.4. The van der Waals surface area contributed by atoms with Crippen molar-refractivity contribution in [2.24, 2.45) is 5.92 Å². The van der Waals surface area contributed by atoms with Gasteiger partial charge in [0.2, 0.25) is 0 Å². The van der Waals surface area contributed by atoms with Gasteiger partial charge >= 0.3 is 0 Å². The molecule has 1 N–H and O–H groups in total. The van der Waals surface area contributed by atoms with E-state index in [9.17, 15) is 9.18 Å². The summed E-state index contributed by atoms with van der Waals surface area (Å²) in [5.41, 5.74) is 2.52. The van der Waals surface area contributed by atoms with Crippen LogP contribution in [0.3, 0.4) is 0 Å². The Hall–Kier alpha value is -2.53. The lowest BCUT2D eigenvalue weighted by Gasteiger charge is -2.25. The van der Waals surface area contributed by atoms with Gasteiger partial charge in [0.25, 0.3) is 5.56 Å². The van der Waals surface area contributed by atoms with E-state index < -0.39 is 0 Å². The Morgan fingerprint density at radius 2 is 1.93 bits per heavy atom. The van der Waals surface area contributed by atoms with Crippen LogP contribution in [-0.4, -0.2) is 22.6 Å². The highest BCUT2D eigenvalue weighted by atomic mass is 19.1. The number of rotatable bonds is 4. The van der Waals surface area contributed by atoms with Gasteiger partial charge in [-0.2, -0.15) is 0 Å². The first-order valence-electron chi connectivity index (χ1n) is 10.0. The zero-order valence-corrected chi connectivity index (χ0v) is 16.4. The Kier molecular flexibility index (Phi) is 5.27. The average molecular weight is 379 g/mol. The van der Waals surface area contributed by atoms with Gasteiger partial charge in [0.05, 0.1) is 10.9 Å². The smallest absolute Gasteiger partial charge is 0.261 e. The van der Waals surface area contributed by atoms with Gasteiger partial charge in [-0.3, -0.25) is 9.36 Å². The van der Waals surface area contributed by atoms with Crippen LogP contribution in [-0.2, 0) is 6.54 Å². The highest BCUT2D eigenvalue weighted by Crippen LogP contribution is 2.24. The minimum Gasteiger partial charge on any atom is -0.316 e. The van der Waals surface area contributed by atoms with Gasteiger partial charge in [-0.25, -0.2) is 9.37 Å². The van der Waals surface area contributed by atoms with Crippen molar-refractivity contribution in [3.05, 3.63) is 64.5 Å². The third-order valence-electron chi connectivity index (χ3n) is 5.52. The number of nitrogens with one attached hydrogen (secondary N) is 1. The highest BCUT2D eigenvalue weighted by molar-refractivity contribution is 5.83. The van der Waals surface area contributed by atoms with Crippen LogP contribution in [0.25, 0.3) is 22.0 Å². The van der Waals surface area contributed by atoms with Gasteiger partial charge < -0.3 is 5.32 Å². The number of fused-ring (bicyclic) bond motifs is 1. The first-order chi connectivity index (χ1) is 13.5. The van der Waals surface area contributed by atoms with Crippen LogP contribution >= 0.6 is 0 Å². The molecule has 4 rings (SSSR count). The Balaban J connectivity index is 1.81. The van der Waals surface area contributed by atoms with Gasteiger partial charge in [-0.1, -0.05) is 32.0 Å². The Morgan fingerprint density at radius 1 is 1.18 bits per heavy atom. The maximum absolute atomic E-state index is 13.4. The number of piperidine rings is 1. The normalized spacial score (nSPS) is 17.4. The van der Waals surface area contributed by atoms with Crippen LogP contribution in [0.5, 0.6) is 0 Å². The van der Waals surface area contributed by atoms with E-state index >= 15 is 0 Å². The Morgan fingerprint density at radius 3 is 2.61 bits per heavy atom.